The van der Waals surface area contributed by atoms with Crippen LogP contribution in [0, 0.1) is 0 Å². The minimum atomic E-state index is 0.0125. The van der Waals surface area contributed by atoms with E-state index in [4.69, 9.17) is 0 Å². The molecule has 2 aromatic rings. The SMILES string of the molecule is CCCCn1ccnc1[C@@H]1CCCN(C(=O)c2csc(C(C)=O)c2)C1. The summed E-state index contributed by atoms with van der Waals surface area (Å²) in [5.74, 6) is 1.43. The average molecular weight is 359 g/mol. The van der Waals surface area contributed by atoms with Crippen molar-refractivity contribution < 1.29 is 9.59 Å². The van der Waals surface area contributed by atoms with E-state index in [1.807, 2.05) is 17.3 Å². The van der Waals surface area contributed by atoms with E-state index in [2.05, 4.69) is 16.5 Å². The predicted molar refractivity (Wildman–Crippen MR) is 99.3 cm³/mol. The second-order valence-electron chi connectivity index (χ2n) is 6.68. The lowest BCUT2D eigenvalue weighted by Crippen LogP contribution is -2.39. The number of imidazole rings is 1. The Balaban J connectivity index is 1.71. The first kappa shape index (κ1) is 17.9. The molecule has 0 unspecified atom stereocenters. The summed E-state index contributed by atoms with van der Waals surface area (Å²) in [5, 5.41) is 1.80. The lowest BCUT2D eigenvalue weighted by Gasteiger charge is -2.32. The Kier molecular flexibility index (Phi) is 5.68. The average Bonchev–Trinajstić information content (AvgIpc) is 3.28. The Hall–Kier alpha value is -1.95. The minimum Gasteiger partial charge on any atom is -0.338 e. The smallest absolute Gasteiger partial charge is 0.254 e. The summed E-state index contributed by atoms with van der Waals surface area (Å²) in [7, 11) is 0. The summed E-state index contributed by atoms with van der Waals surface area (Å²) in [6, 6.07) is 1.72. The van der Waals surface area contributed by atoms with Crippen LogP contribution in [0.4, 0.5) is 0 Å². The van der Waals surface area contributed by atoms with Crippen LogP contribution in [-0.4, -0.2) is 39.2 Å². The number of nitrogens with zero attached hydrogens (tertiary/aromatic N) is 3. The van der Waals surface area contributed by atoms with Gasteiger partial charge in [0.2, 0.25) is 0 Å². The number of Topliss-reactive ketones (excluding diaryl/α,β-unsaturated/α-hetero) is 1. The third kappa shape index (κ3) is 4.00. The van der Waals surface area contributed by atoms with Crippen molar-refractivity contribution in [1.82, 2.24) is 14.5 Å². The molecule has 1 atom stereocenters. The number of likely N-dealkylation sites (tertiary alicyclic amines) is 1. The normalized spacial score (nSPS) is 17.7. The van der Waals surface area contributed by atoms with Crippen LogP contribution in [0.3, 0.4) is 0 Å². The van der Waals surface area contributed by atoms with Gasteiger partial charge in [-0.25, -0.2) is 4.98 Å². The highest BCUT2D eigenvalue weighted by atomic mass is 32.1. The fourth-order valence-corrected chi connectivity index (χ4v) is 4.17. The van der Waals surface area contributed by atoms with Gasteiger partial charge >= 0.3 is 0 Å². The number of aromatic nitrogens is 2. The molecule has 0 bridgehead atoms. The fraction of sp³-hybridized carbons (Fsp3) is 0.526. The lowest BCUT2D eigenvalue weighted by atomic mass is 9.96. The highest BCUT2D eigenvalue weighted by Gasteiger charge is 2.28. The van der Waals surface area contributed by atoms with Crippen molar-refractivity contribution in [3.05, 3.63) is 40.1 Å². The van der Waals surface area contributed by atoms with Crippen molar-refractivity contribution in [2.75, 3.05) is 13.1 Å². The Bertz CT molecular complexity index is 749. The first-order valence-electron chi connectivity index (χ1n) is 9.00. The zero-order chi connectivity index (χ0) is 17.8. The highest BCUT2D eigenvalue weighted by molar-refractivity contribution is 7.12. The van der Waals surface area contributed by atoms with Gasteiger partial charge in [-0.2, -0.15) is 0 Å². The van der Waals surface area contributed by atoms with Gasteiger partial charge in [-0.3, -0.25) is 9.59 Å². The van der Waals surface area contributed by atoms with Gasteiger partial charge in [0.1, 0.15) is 5.82 Å². The quantitative estimate of drug-likeness (QED) is 0.734. The molecule has 0 aliphatic carbocycles. The van der Waals surface area contributed by atoms with Crippen LogP contribution in [0.25, 0.3) is 0 Å². The summed E-state index contributed by atoms with van der Waals surface area (Å²) < 4.78 is 2.24. The van der Waals surface area contributed by atoms with Gasteiger partial charge in [-0.1, -0.05) is 13.3 Å². The van der Waals surface area contributed by atoms with E-state index < -0.39 is 0 Å². The van der Waals surface area contributed by atoms with Gasteiger partial charge in [0.15, 0.2) is 5.78 Å². The fourth-order valence-electron chi connectivity index (χ4n) is 3.39. The van der Waals surface area contributed by atoms with Crippen LogP contribution < -0.4 is 0 Å². The second-order valence-corrected chi connectivity index (χ2v) is 7.59. The second kappa shape index (κ2) is 7.95. The third-order valence-corrected chi connectivity index (χ3v) is 5.80. The number of hydrogen-bond donors (Lipinski definition) is 0. The molecule has 0 saturated carbocycles. The maximum Gasteiger partial charge on any atom is 0.254 e. The number of hydrogen-bond acceptors (Lipinski definition) is 4. The first-order chi connectivity index (χ1) is 12.1. The number of unbranched alkanes of at least 4 members (excludes halogenated alkanes) is 1. The Morgan fingerprint density at radius 1 is 1.40 bits per heavy atom. The van der Waals surface area contributed by atoms with Crippen LogP contribution in [0.15, 0.2) is 23.8 Å². The Morgan fingerprint density at radius 3 is 2.96 bits per heavy atom. The molecule has 0 radical (unpaired) electrons. The molecule has 1 aliphatic heterocycles. The molecule has 5 nitrogen and oxygen atoms in total. The van der Waals surface area contributed by atoms with Crippen LogP contribution >= 0.6 is 11.3 Å². The van der Waals surface area contributed by atoms with E-state index in [0.717, 1.165) is 44.6 Å². The molecule has 0 aromatic carbocycles. The number of ketones is 1. The monoisotopic (exact) mass is 359 g/mol. The van der Waals surface area contributed by atoms with Gasteiger partial charge in [0.25, 0.3) is 5.91 Å². The molecule has 134 valence electrons. The van der Waals surface area contributed by atoms with E-state index >= 15 is 0 Å². The third-order valence-electron chi connectivity index (χ3n) is 4.77. The highest BCUT2D eigenvalue weighted by Crippen LogP contribution is 2.28. The van der Waals surface area contributed by atoms with E-state index in [-0.39, 0.29) is 17.6 Å². The molecule has 3 rings (SSSR count). The molecule has 25 heavy (non-hydrogen) atoms. The maximum atomic E-state index is 12.8. The van der Waals surface area contributed by atoms with Gasteiger partial charge < -0.3 is 9.47 Å². The van der Waals surface area contributed by atoms with Crippen molar-refractivity contribution in [2.24, 2.45) is 0 Å². The Labute approximate surface area is 152 Å². The zero-order valence-corrected chi connectivity index (χ0v) is 15.7. The minimum absolute atomic E-state index is 0.0125. The van der Waals surface area contributed by atoms with Gasteiger partial charge in [0, 0.05) is 43.3 Å². The molecule has 0 N–H and O–H groups in total. The van der Waals surface area contributed by atoms with Crippen molar-refractivity contribution >= 4 is 23.0 Å². The van der Waals surface area contributed by atoms with Gasteiger partial charge in [-0.05, 0) is 32.3 Å². The number of thiophene rings is 1. The molecular weight excluding hydrogens is 334 g/mol. The number of carbonyl (C=O) groups excluding carboxylic acids is 2. The lowest BCUT2D eigenvalue weighted by molar-refractivity contribution is 0.0704. The molecule has 3 heterocycles. The van der Waals surface area contributed by atoms with Crippen LogP contribution in [0.1, 0.15) is 71.3 Å². The topological polar surface area (TPSA) is 55.2 Å². The number of piperidine rings is 1. The first-order valence-corrected chi connectivity index (χ1v) is 9.88. The molecule has 0 spiro atoms. The summed E-state index contributed by atoms with van der Waals surface area (Å²) in [6.45, 7) is 6.19. The number of rotatable bonds is 6. The van der Waals surface area contributed by atoms with E-state index in [1.54, 1.807) is 11.4 Å². The molecule has 1 amide bonds. The van der Waals surface area contributed by atoms with Crippen molar-refractivity contribution in [3.63, 3.8) is 0 Å². The summed E-state index contributed by atoms with van der Waals surface area (Å²) in [6.07, 6.45) is 8.26. The van der Waals surface area contributed by atoms with Gasteiger partial charge in [0.05, 0.1) is 10.4 Å². The van der Waals surface area contributed by atoms with Gasteiger partial charge in [-0.15, -0.1) is 11.3 Å². The molecule has 1 aliphatic rings. The molecule has 1 fully saturated rings. The summed E-state index contributed by atoms with van der Waals surface area (Å²) in [4.78, 5) is 31.4. The molecule has 6 heteroatoms. The standard InChI is InChI=1S/C19H25N3O2S/c1-3-4-8-21-10-7-20-18(21)15-6-5-9-22(12-15)19(24)16-11-17(14(2)23)25-13-16/h7,10-11,13,15H,3-6,8-9,12H2,1-2H3/t15-/m1/s1. The van der Waals surface area contributed by atoms with Crippen molar-refractivity contribution in [1.29, 1.82) is 0 Å². The summed E-state index contributed by atoms with van der Waals surface area (Å²) >= 11 is 1.35. The maximum absolute atomic E-state index is 12.8. The molecule has 1 saturated heterocycles. The number of aryl methyl sites for hydroxylation is 1. The number of amides is 1. The summed E-state index contributed by atoms with van der Waals surface area (Å²) in [5.41, 5.74) is 0.630. The van der Waals surface area contributed by atoms with E-state index in [1.165, 1.54) is 18.3 Å². The van der Waals surface area contributed by atoms with E-state index in [9.17, 15) is 9.59 Å². The zero-order valence-electron chi connectivity index (χ0n) is 14.9. The Morgan fingerprint density at radius 2 is 2.24 bits per heavy atom. The van der Waals surface area contributed by atoms with Crippen molar-refractivity contribution in [2.45, 2.75) is 52.0 Å². The molecule has 2 aromatic heterocycles. The predicted octanol–water partition coefficient (Wildman–Crippen LogP) is 3.97. The molecular formula is C19H25N3O2S. The largest absolute Gasteiger partial charge is 0.338 e. The van der Waals surface area contributed by atoms with Crippen LogP contribution in [0.5, 0.6) is 0 Å². The van der Waals surface area contributed by atoms with Crippen LogP contribution in [-0.2, 0) is 6.54 Å². The van der Waals surface area contributed by atoms with E-state index in [0.29, 0.717) is 17.0 Å². The van der Waals surface area contributed by atoms with Crippen LogP contribution in [0.2, 0.25) is 0 Å². The van der Waals surface area contributed by atoms with Crippen molar-refractivity contribution in [3.8, 4) is 0 Å². The number of carbonyl (C=O) groups is 2.